The highest BCUT2D eigenvalue weighted by Crippen LogP contribution is 2.34. The Morgan fingerprint density at radius 3 is 0.980 bits per heavy atom. The van der Waals surface area contributed by atoms with Crippen molar-refractivity contribution in [3.63, 3.8) is 0 Å². The molecule has 0 aromatic heterocycles. The van der Waals surface area contributed by atoms with Crippen LogP contribution in [0.5, 0.6) is 11.5 Å². The van der Waals surface area contributed by atoms with E-state index in [1.54, 1.807) is 14.2 Å². The van der Waals surface area contributed by atoms with Crippen molar-refractivity contribution < 1.29 is 9.47 Å². The van der Waals surface area contributed by atoms with Gasteiger partial charge in [0.05, 0.1) is 30.4 Å². The van der Waals surface area contributed by atoms with Crippen LogP contribution in [-0.4, -0.2) is 30.4 Å². The third kappa shape index (κ3) is 9.89. The summed E-state index contributed by atoms with van der Waals surface area (Å²) in [5, 5.41) is 0. The Morgan fingerprint density at radius 1 is 0.420 bits per heavy atom. The van der Waals surface area contributed by atoms with Crippen LogP contribution in [0.1, 0.15) is 44.5 Å². The van der Waals surface area contributed by atoms with Crippen molar-refractivity contribution in [2.24, 2.45) is 0 Å². The van der Waals surface area contributed by atoms with Crippen molar-refractivity contribution in [1.82, 2.24) is 0 Å². The molecule has 250 valence electrons. The zero-order valence-corrected chi connectivity index (χ0v) is 32.5. The highest BCUT2D eigenvalue weighted by Gasteiger charge is 2.18. The number of para-hydroxylation sites is 2. The third-order valence-corrected chi connectivity index (χ3v) is 10.2. The lowest BCUT2D eigenvalue weighted by molar-refractivity contribution is 0.413. The van der Waals surface area contributed by atoms with Crippen molar-refractivity contribution >= 4 is 27.3 Å². The first kappa shape index (κ1) is 36.0. The normalized spacial score (nSPS) is 11.9. The Bertz CT molecular complexity index is 1960. The monoisotopic (exact) mass is 686 g/mol. The minimum Gasteiger partial charge on any atom is -0.496 e. The molecule has 2 nitrogen and oxygen atoms in total. The smallest absolute Gasteiger partial charge is 0.126 e. The highest BCUT2D eigenvalue weighted by molar-refractivity contribution is 6.82. The van der Waals surface area contributed by atoms with Crippen molar-refractivity contribution in [3.8, 4) is 35.2 Å². The first-order chi connectivity index (χ1) is 23.9. The first-order valence-electron chi connectivity index (χ1n) is 17.0. The zero-order chi connectivity index (χ0) is 35.7. The molecule has 0 aliphatic rings. The molecule has 0 atom stereocenters. The van der Waals surface area contributed by atoms with Crippen LogP contribution in [-0.2, 0) is 0 Å². The largest absolute Gasteiger partial charge is 0.496 e. The van der Waals surface area contributed by atoms with Crippen LogP contribution in [0.25, 0.3) is 11.1 Å². The molecule has 0 fully saturated rings. The van der Waals surface area contributed by atoms with E-state index in [0.717, 1.165) is 44.9 Å². The molecule has 4 heteroatoms. The van der Waals surface area contributed by atoms with E-state index in [4.69, 9.17) is 9.47 Å². The van der Waals surface area contributed by atoms with E-state index < -0.39 is 16.1 Å². The fourth-order valence-electron chi connectivity index (χ4n) is 5.63. The van der Waals surface area contributed by atoms with E-state index in [0.29, 0.717) is 0 Å². The Labute approximate surface area is 301 Å². The predicted molar refractivity (Wildman–Crippen MR) is 218 cm³/mol. The second kappa shape index (κ2) is 16.0. The van der Waals surface area contributed by atoms with E-state index in [1.807, 2.05) is 48.5 Å². The quantitative estimate of drug-likeness (QED) is 0.119. The molecule has 0 saturated heterocycles. The van der Waals surface area contributed by atoms with Crippen LogP contribution in [0.15, 0.2) is 133 Å². The van der Waals surface area contributed by atoms with Crippen LogP contribution >= 0.6 is 0 Å². The second-order valence-corrected chi connectivity index (χ2v) is 24.5. The SMILES string of the molecule is COc1ccccc1/C(=C/[Si](C)(C)C)c1ccc(C#Cc2ccc(C#Cc3ccc(/C(=C\[Si](C)(C)C)c4ccccc4OC)cc3)cc2)cc1. The van der Waals surface area contributed by atoms with Gasteiger partial charge >= 0.3 is 0 Å². The number of benzene rings is 5. The molecule has 0 amide bonds. The predicted octanol–water partition coefficient (Wildman–Crippen LogP) is 11.1. The summed E-state index contributed by atoms with van der Waals surface area (Å²) in [4.78, 5) is 0. The molecule has 5 rings (SSSR count). The Kier molecular flexibility index (Phi) is 11.5. The Morgan fingerprint density at radius 2 is 0.700 bits per heavy atom. The molecule has 0 spiro atoms. The van der Waals surface area contributed by atoms with E-state index in [2.05, 4.69) is 147 Å². The van der Waals surface area contributed by atoms with Crippen LogP contribution in [0.2, 0.25) is 39.3 Å². The lowest BCUT2D eigenvalue weighted by atomic mass is 9.97. The van der Waals surface area contributed by atoms with Gasteiger partial charge in [0.2, 0.25) is 0 Å². The van der Waals surface area contributed by atoms with Gasteiger partial charge in [-0.2, -0.15) is 0 Å². The van der Waals surface area contributed by atoms with Crippen molar-refractivity contribution in [2.45, 2.75) is 39.3 Å². The van der Waals surface area contributed by atoms with E-state index in [-0.39, 0.29) is 0 Å². The molecule has 0 saturated carbocycles. The number of hydrogen-bond donors (Lipinski definition) is 0. The van der Waals surface area contributed by atoms with Crippen LogP contribution in [0.3, 0.4) is 0 Å². The van der Waals surface area contributed by atoms with Crippen LogP contribution in [0.4, 0.5) is 0 Å². The van der Waals surface area contributed by atoms with Gasteiger partial charge in [-0.15, -0.1) is 0 Å². The van der Waals surface area contributed by atoms with Crippen molar-refractivity contribution in [2.75, 3.05) is 14.2 Å². The van der Waals surface area contributed by atoms with E-state index in [1.165, 1.54) is 22.3 Å². The van der Waals surface area contributed by atoms with Gasteiger partial charge in [0.1, 0.15) is 11.5 Å². The van der Waals surface area contributed by atoms with Gasteiger partial charge in [-0.25, -0.2) is 0 Å². The summed E-state index contributed by atoms with van der Waals surface area (Å²) in [5.74, 6) is 15.1. The lowest BCUT2D eigenvalue weighted by Gasteiger charge is -2.18. The molecule has 0 N–H and O–H groups in total. The maximum atomic E-state index is 5.70. The molecule has 0 aliphatic heterocycles. The van der Waals surface area contributed by atoms with Crippen LogP contribution in [0, 0.1) is 23.7 Å². The molecular formula is C46H46O2Si2. The van der Waals surface area contributed by atoms with Crippen molar-refractivity contribution in [3.05, 3.63) is 177 Å². The molecule has 0 bridgehead atoms. The average Bonchev–Trinajstić information content (AvgIpc) is 3.11. The first-order valence-corrected chi connectivity index (χ1v) is 24.2. The molecule has 5 aromatic rings. The molecule has 0 unspecified atom stereocenters. The molecule has 0 aliphatic carbocycles. The minimum atomic E-state index is -1.51. The van der Waals surface area contributed by atoms with Gasteiger partial charge in [0.25, 0.3) is 0 Å². The number of methoxy groups -OCH3 is 2. The lowest BCUT2D eigenvalue weighted by Crippen LogP contribution is -2.17. The fraction of sp³-hybridized carbons (Fsp3) is 0.174. The summed E-state index contributed by atoms with van der Waals surface area (Å²) < 4.78 is 11.4. The summed E-state index contributed by atoms with van der Waals surface area (Å²) in [6.45, 7) is 14.1. The number of rotatable bonds is 8. The van der Waals surface area contributed by atoms with E-state index in [9.17, 15) is 0 Å². The molecule has 0 heterocycles. The van der Waals surface area contributed by atoms with Crippen LogP contribution < -0.4 is 9.47 Å². The highest BCUT2D eigenvalue weighted by atomic mass is 28.3. The molecule has 0 radical (unpaired) electrons. The van der Waals surface area contributed by atoms with Gasteiger partial charge in [-0.1, -0.05) is 135 Å². The fourth-order valence-corrected chi connectivity index (χ4v) is 8.00. The second-order valence-electron chi connectivity index (χ2n) is 14.5. The van der Waals surface area contributed by atoms with Gasteiger partial charge in [0.15, 0.2) is 0 Å². The molecule has 5 aromatic carbocycles. The van der Waals surface area contributed by atoms with Gasteiger partial charge < -0.3 is 9.47 Å². The standard InChI is InChI=1S/C46H46O2Si2/c1-47-45-15-11-9-13-41(45)43(33-49(3,4)5)39-29-25-37(26-30-39)23-21-35-17-19-36(20-18-35)22-24-38-27-31-40(32-28-38)44(34-50(6,7)8)42-14-10-12-16-46(42)48-2/h9-20,25-34H,1-8H3/b43-33+,44-34+. The minimum absolute atomic E-state index is 0.885. The van der Waals surface area contributed by atoms with Gasteiger partial charge in [-0.05, 0) is 82.9 Å². The topological polar surface area (TPSA) is 18.5 Å². The summed E-state index contributed by atoms with van der Waals surface area (Å²) in [6, 6.07) is 41.6. The molecule has 50 heavy (non-hydrogen) atoms. The number of ether oxygens (including phenoxy) is 2. The summed E-state index contributed by atoms with van der Waals surface area (Å²) in [6.07, 6.45) is 0. The summed E-state index contributed by atoms with van der Waals surface area (Å²) in [5.41, 5.74) is 15.7. The maximum Gasteiger partial charge on any atom is 0.126 e. The molecular weight excluding hydrogens is 641 g/mol. The summed E-state index contributed by atoms with van der Waals surface area (Å²) >= 11 is 0. The van der Waals surface area contributed by atoms with E-state index >= 15 is 0 Å². The zero-order valence-electron chi connectivity index (χ0n) is 30.5. The number of hydrogen-bond acceptors (Lipinski definition) is 2. The van der Waals surface area contributed by atoms with Crippen molar-refractivity contribution in [1.29, 1.82) is 0 Å². The maximum absolute atomic E-state index is 5.70. The third-order valence-electron chi connectivity index (χ3n) is 7.93. The van der Waals surface area contributed by atoms with Gasteiger partial charge in [0, 0.05) is 33.4 Å². The Hall–Kier alpha value is -5.27. The Balaban J connectivity index is 1.30. The average molecular weight is 687 g/mol. The summed E-state index contributed by atoms with van der Waals surface area (Å²) in [7, 11) is 0.435. The van der Waals surface area contributed by atoms with Gasteiger partial charge in [-0.3, -0.25) is 0 Å².